The van der Waals surface area contributed by atoms with E-state index in [1.165, 1.54) is 33.5 Å². The predicted octanol–water partition coefficient (Wildman–Crippen LogP) is 2.25. The van der Waals surface area contributed by atoms with Crippen LogP contribution in [0.5, 0.6) is 17.2 Å². The van der Waals surface area contributed by atoms with Crippen LogP contribution in [0.3, 0.4) is 0 Å². The second kappa shape index (κ2) is 11.2. The number of amides is 2. The minimum absolute atomic E-state index is 0.0999. The quantitative estimate of drug-likeness (QED) is 0.499. The summed E-state index contributed by atoms with van der Waals surface area (Å²) in [6, 6.07) is 12.5. The van der Waals surface area contributed by atoms with E-state index >= 15 is 0 Å². The number of ether oxygens (including phenoxy) is 4. The molecule has 33 heavy (non-hydrogen) atoms. The molecule has 2 amide bonds. The first-order valence-corrected chi connectivity index (χ1v) is 10.5. The zero-order chi connectivity index (χ0) is 23.8. The predicted molar refractivity (Wildman–Crippen MR) is 119 cm³/mol. The molecule has 9 heteroatoms. The molecule has 1 saturated carbocycles. The summed E-state index contributed by atoms with van der Waals surface area (Å²) in [6.45, 7) is -0.817. The topological polar surface area (TPSA) is 112 Å². The molecule has 0 aliphatic heterocycles. The summed E-state index contributed by atoms with van der Waals surface area (Å²) < 4.78 is 20.7. The third kappa shape index (κ3) is 6.38. The van der Waals surface area contributed by atoms with Gasteiger partial charge in [-0.05, 0) is 36.5 Å². The van der Waals surface area contributed by atoms with Crippen LogP contribution in [0.4, 0.5) is 0 Å². The van der Waals surface area contributed by atoms with E-state index in [0.29, 0.717) is 23.2 Å². The largest absolute Gasteiger partial charge is 0.493 e. The van der Waals surface area contributed by atoms with Gasteiger partial charge >= 0.3 is 5.97 Å². The summed E-state index contributed by atoms with van der Waals surface area (Å²) in [5.74, 6) is -0.288. The van der Waals surface area contributed by atoms with E-state index in [0.717, 1.165) is 18.4 Å². The van der Waals surface area contributed by atoms with Crippen molar-refractivity contribution in [3.8, 4) is 17.2 Å². The van der Waals surface area contributed by atoms with Crippen molar-refractivity contribution in [1.29, 1.82) is 0 Å². The highest BCUT2D eigenvalue weighted by Crippen LogP contribution is 2.41. The summed E-state index contributed by atoms with van der Waals surface area (Å²) in [7, 11) is 4.33. The van der Waals surface area contributed by atoms with Crippen LogP contribution in [0.25, 0.3) is 0 Å². The minimum Gasteiger partial charge on any atom is -0.493 e. The molecule has 0 saturated heterocycles. The highest BCUT2D eigenvalue weighted by atomic mass is 16.5. The van der Waals surface area contributed by atoms with E-state index in [2.05, 4.69) is 10.6 Å². The molecule has 0 bridgehead atoms. The van der Waals surface area contributed by atoms with E-state index < -0.39 is 25.0 Å². The first kappa shape index (κ1) is 23.9. The number of carbonyl (C=O) groups excluding carboxylic acids is 3. The average Bonchev–Trinajstić information content (AvgIpc) is 3.69. The fraction of sp³-hybridized carbons (Fsp3) is 0.375. The molecule has 2 aromatic rings. The Kier molecular flexibility index (Phi) is 8.12. The highest BCUT2D eigenvalue weighted by Gasteiger charge is 2.33. The summed E-state index contributed by atoms with van der Waals surface area (Å²) in [4.78, 5) is 36.8. The first-order valence-electron chi connectivity index (χ1n) is 10.5. The number of methoxy groups -OCH3 is 3. The van der Waals surface area contributed by atoms with Gasteiger partial charge in [-0.25, -0.2) is 0 Å². The molecule has 1 aliphatic rings. The fourth-order valence-electron chi connectivity index (χ4n) is 3.44. The van der Waals surface area contributed by atoms with Crippen molar-refractivity contribution in [2.24, 2.45) is 5.92 Å². The Balaban J connectivity index is 1.49. The van der Waals surface area contributed by atoms with Crippen molar-refractivity contribution >= 4 is 17.8 Å². The zero-order valence-electron chi connectivity index (χ0n) is 18.9. The molecule has 0 heterocycles. The maximum atomic E-state index is 12.5. The average molecular weight is 456 g/mol. The van der Waals surface area contributed by atoms with Crippen molar-refractivity contribution < 1.29 is 33.3 Å². The third-order valence-electron chi connectivity index (χ3n) is 5.25. The summed E-state index contributed by atoms with van der Waals surface area (Å²) in [5.41, 5.74) is 1.24. The van der Waals surface area contributed by atoms with E-state index in [9.17, 15) is 14.4 Å². The van der Waals surface area contributed by atoms with Crippen molar-refractivity contribution in [3.05, 3.63) is 53.6 Å². The maximum absolute atomic E-state index is 12.5. The molecule has 0 spiro atoms. The van der Waals surface area contributed by atoms with Gasteiger partial charge in [0, 0.05) is 5.56 Å². The zero-order valence-corrected chi connectivity index (χ0v) is 18.9. The number of benzene rings is 2. The van der Waals surface area contributed by atoms with Crippen LogP contribution in [0.1, 0.15) is 34.8 Å². The van der Waals surface area contributed by atoms with Crippen molar-refractivity contribution in [2.45, 2.75) is 18.9 Å². The molecule has 3 rings (SSSR count). The number of carbonyl (C=O) groups is 3. The molecule has 1 fully saturated rings. The van der Waals surface area contributed by atoms with Gasteiger partial charge in [0.15, 0.2) is 18.1 Å². The lowest BCUT2D eigenvalue weighted by Gasteiger charge is -2.18. The van der Waals surface area contributed by atoms with Crippen LogP contribution < -0.4 is 24.8 Å². The molecule has 0 radical (unpaired) electrons. The van der Waals surface area contributed by atoms with Gasteiger partial charge in [0.2, 0.25) is 5.75 Å². The van der Waals surface area contributed by atoms with Gasteiger partial charge in [0.05, 0.1) is 27.4 Å². The molecular formula is C24H28N2O7. The molecule has 1 atom stereocenters. The molecule has 2 N–H and O–H groups in total. The fourth-order valence-corrected chi connectivity index (χ4v) is 3.44. The molecular weight excluding hydrogens is 428 g/mol. The number of hydrogen-bond acceptors (Lipinski definition) is 7. The van der Waals surface area contributed by atoms with Gasteiger partial charge in [-0.2, -0.15) is 0 Å². The smallest absolute Gasteiger partial charge is 0.325 e. The highest BCUT2D eigenvalue weighted by molar-refractivity contribution is 5.97. The Labute approximate surface area is 192 Å². The summed E-state index contributed by atoms with van der Waals surface area (Å²) in [5, 5.41) is 5.39. The van der Waals surface area contributed by atoms with Crippen LogP contribution in [-0.2, 0) is 14.3 Å². The standard InChI is InChI=1S/C24H28N2O7/c1-30-18-11-17(12-19(31-2)23(18)32-3)24(29)25-13-21(28)33-14-20(27)26-22(16-9-10-16)15-7-5-4-6-8-15/h4-8,11-12,16,22H,9-10,13-14H2,1-3H3,(H,25,29)(H,26,27). The number of nitrogens with one attached hydrogen (secondary N) is 2. The maximum Gasteiger partial charge on any atom is 0.325 e. The van der Waals surface area contributed by atoms with E-state index in [1.54, 1.807) is 0 Å². The van der Waals surface area contributed by atoms with Crippen LogP contribution in [0, 0.1) is 5.92 Å². The van der Waals surface area contributed by atoms with E-state index in [4.69, 9.17) is 18.9 Å². The molecule has 1 aliphatic carbocycles. The van der Waals surface area contributed by atoms with Crippen molar-refractivity contribution in [2.75, 3.05) is 34.5 Å². The molecule has 9 nitrogen and oxygen atoms in total. The van der Waals surface area contributed by atoms with Crippen LogP contribution in [0.15, 0.2) is 42.5 Å². The van der Waals surface area contributed by atoms with Gasteiger partial charge in [-0.3, -0.25) is 14.4 Å². The Morgan fingerprint density at radius 1 is 0.970 bits per heavy atom. The second-order valence-corrected chi connectivity index (χ2v) is 7.55. The molecule has 2 aromatic carbocycles. The molecule has 176 valence electrons. The van der Waals surface area contributed by atoms with Gasteiger partial charge in [-0.1, -0.05) is 30.3 Å². The van der Waals surface area contributed by atoms with Gasteiger partial charge < -0.3 is 29.6 Å². The van der Waals surface area contributed by atoms with Crippen LogP contribution >= 0.6 is 0 Å². The second-order valence-electron chi connectivity index (χ2n) is 7.55. The number of esters is 1. The minimum atomic E-state index is -0.728. The SMILES string of the molecule is COc1cc(C(=O)NCC(=O)OCC(=O)NC(c2ccccc2)C2CC2)cc(OC)c1OC. The molecule has 0 aromatic heterocycles. The van der Waals surface area contributed by atoms with Gasteiger partial charge in [-0.15, -0.1) is 0 Å². The van der Waals surface area contributed by atoms with Crippen molar-refractivity contribution in [3.63, 3.8) is 0 Å². The normalized spacial score (nSPS) is 13.4. The lowest BCUT2D eigenvalue weighted by Crippen LogP contribution is -2.36. The number of rotatable bonds is 11. The first-order chi connectivity index (χ1) is 16.0. The summed E-state index contributed by atoms with van der Waals surface area (Å²) in [6.07, 6.45) is 2.10. The van der Waals surface area contributed by atoms with Gasteiger partial charge in [0.25, 0.3) is 11.8 Å². The molecule has 1 unspecified atom stereocenters. The number of hydrogen-bond donors (Lipinski definition) is 2. The Hall–Kier alpha value is -3.75. The van der Waals surface area contributed by atoms with Crippen LogP contribution in [-0.4, -0.2) is 52.3 Å². The summed E-state index contributed by atoms with van der Waals surface area (Å²) >= 11 is 0. The van der Waals surface area contributed by atoms with Gasteiger partial charge in [0.1, 0.15) is 6.54 Å². The lowest BCUT2D eigenvalue weighted by molar-refractivity contribution is -0.147. The Bertz CT molecular complexity index is 965. The van der Waals surface area contributed by atoms with Crippen LogP contribution in [0.2, 0.25) is 0 Å². The Morgan fingerprint density at radius 2 is 1.61 bits per heavy atom. The van der Waals surface area contributed by atoms with Crippen molar-refractivity contribution in [1.82, 2.24) is 10.6 Å². The monoisotopic (exact) mass is 456 g/mol. The Morgan fingerprint density at radius 3 is 2.15 bits per heavy atom. The van der Waals surface area contributed by atoms with E-state index in [1.807, 2.05) is 30.3 Å². The lowest BCUT2D eigenvalue weighted by atomic mass is 10.0. The third-order valence-corrected chi connectivity index (χ3v) is 5.25. The van der Waals surface area contributed by atoms with E-state index in [-0.39, 0.29) is 17.5 Å².